The molecule has 0 unspecified atom stereocenters. The van der Waals surface area contributed by atoms with Crippen LogP contribution in [0.4, 0.5) is 14.5 Å². The summed E-state index contributed by atoms with van der Waals surface area (Å²) in [5.41, 5.74) is 1.84. The van der Waals surface area contributed by atoms with Crippen molar-refractivity contribution in [2.24, 2.45) is 0 Å². The van der Waals surface area contributed by atoms with Crippen molar-refractivity contribution in [3.63, 3.8) is 0 Å². The Labute approximate surface area is 133 Å². The third kappa shape index (κ3) is 4.65. The van der Waals surface area contributed by atoms with Gasteiger partial charge in [-0.1, -0.05) is 45.4 Å². The molecule has 6 heteroatoms. The van der Waals surface area contributed by atoms with Crippen LogP contribution in [0, 0.1) is 0 Å². The number of halogens is 4. The SMILES string of the molecule is FC(F)Sc1ccc(NCc2ccc(Br)cc2Cl)cc1. The Morgan fingerprint density at radius 2 is 1.85 bits per heavy atom. The molecule has 0 aliphatic carbocycles. The molecule has 0 spiro atoms. The summed E-state index contributed by atoms with van der Waals surface area (Å²) in [6.07, 6.45) is 0. The summed E-state index contributed by atoms with van der Waals surface area (Å²) in [5, 5.41) is 3.88. The van der Waals surface area contributed by atoms with Gasteiger partial charge in [0.2, 0.25) is 0 Å². The Morgan fingerprint density at radius 3 is 2.45 bits per heavy atom. The predicted molar refractivity (Wildman–Crippen MR) is 84.8 cm³/mol. The molecule has 0 radical (unpaired) electrons. The Hall–Kier alpha value is -0.780. The average molecular weight is 379 g/mol. The highest BCUT2D eigenvalue weighted by Crippen LogP contribution is 2.27. The van der Waals surface area contributed by atoms with Gasteiger partial charge < -0.3 is 5.32 Å². The molecule has 0 heterocycles. The molecular weight excluding hydrogens is 368 g/mol. The molecule has 0 atom stereocenters. The molecule has 2 rings (SSSR count). The smallest absolute Gasteiger partial charge is 0.288 e. The number of benzene rings is 2. The zero-order valence-corrected chi connectivity index (χ0v) is 13.4. The van der Waals surface area contributed by atoms with Crippen LogP contribution in [-0.4, -0.2) is 5.76 Å². The van der Waals surface area contributed by atoms with Gasteiger partial charge >= 0.3 is 0 Å². The summed E-state index contributed by atoms with van der Waals surface area (Å²) >= 11 is 10.0. The molecule has 0 fully saturated rings. The summed E-state index contributed by atoms with van der Waals surface area (Å²) in [6.45, 7) is 0.577. The van der Waals surface area contributed by atoms with Gasteiger partial charge in [0.1, 0.15) is 0 Å². The number of rotatable bonds is 5. The van der Waals surface area contributed by atoms with E-state index in [0.717, 1.165) is 15.7 Å². The van der Waals surface area contributed by atoms with E-state index >= 15 is 0 Å². The lowest BCUT2D eigenvalue weighted by molar-refractivity contribution is 0.252. The lowest BCUT2D eigenvalue weighted by Crippen LogP contribution is -1.99. The second kappa shape index (κ2) is 7.29. The van der Waals surface area contributed by atoms with Crippen molar-refractivity contribution in [1.82, 2.24) is 0 Å². The number of thioether (sulfide) groups is 1. The molecule has 0 aliphatic rings. The number of anilines is 1. The average Bonchev–Trinajstić information content (AvgIpc) is 2.39. The maximum atomic E-state index is 12.2. The molecule has 2 aromatic rings. The Balaban J connectivity index is 1.96. The molecule has 1 N–H and O–H groups in total. The summed E-state index contributed by atoms with van der Waals surface area (Å²) in [6, 6.07) is 12.6. The number of hydrogen-bond donors (Lipinski definition) is 1. The van der Waals surface area contributed by atoms with E-state index < -0.39 is 5.76 Å². The van der Waals surface area contributed by atoms with Crippen molar-refractivity contribution < 1.29 is 8.78 Å². The van der Waals surface area contributed by atoms with Crippen LogP contribution in [0.1, 0.15) is 5.56 Å². The molecule has 0 bridgehead atoms. The summed E-state index contributed by atoms with van der Waals surface area (Å²) in [7, 11) is 0. The van der Waals surface area contributed by atoms with Gasteiger partial charge in [0.05, 0.1) is 0 Å². The standard InChI is InChI=1S/C14H11BrClF2NS/c15-10-2-1-9(13(16)7-10)8-19-11-3-5-12(6-4-11)20-14(17)18/h1-7,14,19H,8H2. The number of alkyl halides is 2. The second-order valence-electron chi connectivity index (χ2n) is 3.99. The minimum atomic E-state index is -2.39. The van der Waals surface area contributed by atoms with Crippen LogP contribution in [0.3, 0.4) is 0 Å². The molecular formula is C14H11BrClF2NS. The van der Waals surface area contributed by atoms with Gasteiger partial charge in [0.25, 0.3) is 5.76 Å². The normalized spacial score (nSPS) is 10.8. The van der Waals surface area contributed by atoms with Gasteiger partial charge in [-0.05, 0) is 42.0 Å². The van der Waals surface area contributed by atoms with E-state index in [-0.39, 0.29) is 0 Å². The highest BCUT2D eigenvalue weighted by molar-refractivity contribution is 9.10. The maximum Gasteiger partial charge on any atom is 0.288 e. The summed E-state index contributed by atoms with van der Waals surface area (Å²) in [4.78, 5) is 0.548. The quantitative estimate of drug-likeness (QED) is 0.638. The van der Waals surface area contributed by atoms with Gasteiger partial charge in [-0.25, -0.2) is 0 Å². The van der Waals surface area contributed by atoms with Crippen LogP contribution >= 0.6 is 39.3 Å². The minimum absolute atomic E-state index is 0.538. The highest BCUT2D eigenvalue weighted by Gasteiger charge is 2.05. The van der Waals surface area contributed by atoms with Crippen LogP contribution in [0.15, 0.2) is 51.8 Å². The molecule has 0 saturated heterocycles. The first-order valence-electron chi connectivity index (χ1n) is 5.77. The summed E-state index contributed by atoms with van der Waals surface area (Å²) < 4.78 is 25.3. The molecule has 0 amide bonds. The van der Waals surface area contributed by atoms with Crippen LogP contribution in [0.25, 0.3) is 0 Å². The van der Waals surface area contributed by atoms with Crippen molar-refractivity contribution in [1.29, 1.82) is 0 Å². The third-order valence-corrected chi connectivity index (χ3v) is 4.15. The zero-order valence-electron chi connectivity index (χ0n) is 10.2. The Kier molecular flexibility index (Phi) is 5.69. The third-order valence-electron chi connectivity index (χ3n) is 2.58. The predicted octanol–water partition coefficient (Wildman–Crippen LogP) is 6.03. The molecule has 106 valence electrons. The fraction of sp³-hybridized carbons (Fsp3) is 0.143. The lowest BCUT2D eigenvalue weighted by Gasteiger charge is -2.09. The fourth-order valence-electron chi connectivity index (χ4n) is 1.62. The van der Waals surface area contributed by atoms with E-state index in [2.05, 4.69) is 21.2 Å². The van der Waals surface area contributed by atoms with Crippen LogP contribution in [0.5, 0.6) is 0 Å². The van der Waals surface area contributed by atoms with E-state index in [0.29, 0.717) is 28.2 Å². The molecule has 0 saturated carbocycles. The van der Waals surface area contributed by atoms with Crippen molar-refractivity contribution in [3.8, 4) is 0 Å². The molecule has 2 aromatic carbocycles. The van der Waals surface area contributed by atoms with Gasteiger partial charge in [-0.3, -0.25) is 0 Å². The van der Waals surface area contributed by atoms with Crippen LogP contribution in [0.2, 0.25) is 5.02 Å². The number of nitrogens with one attached hydrogen (secondary N) is 1. The van der Waals surface area contributed by atoms with Gasteiger partial charge in [0.15, 0.2) is 0 Å². The van der Waals surface area contributed by atoms with Crippen LogP contribution in [-0.2, 0) is 6.54 Å². The molecule has 0 aliphatic heterocycles. The van der Waals surface area contributed by atoms with E-state index in [4.69, 9.17) is 11.6 Å². The minimum Gasteiger partial charge on any atom is -0.381 e. The first kappa shape index (κ1) is 15.6. The van der Waals surface area contributed by atoms with Gasteiger partial charge in [0, 0.05) is 26.6 Å². The highest BCUT2D eigenvalue weighted by atomic mass is 79.9. The molecule has 20 heavy (non-hydrogen) atoms. The van der Waals surface area contributed by atoms with Crippen molar-refractivity contribution in [2.75, 3.05) is 5.32 Å². The van der Waals surface area contributed by atoms with Crippen molar-refractivity contribution in [3.05, 3.63) is 57.5 Å². The van der Waals surface area contributed by atoms with Crippen molar-refractivity contribution >= 4 is 45.0 Å². The Bertz CT molecular complexity index is 578. The van der Waals surface area contributed by atoms with Crippen molar-refractivity contribution in [2.45, 2.75) is 17.2 Å². The fourth-order valence-corrected chi connectivity index (χ4v) is 2.86. The summed E-state index contributed by atoms with van der Waals surface area (Å²) in [5.74, 6) is -2.39. The largest absolute Gasteiger partial charge is 0.381 e. The van der Waals surface area contributed by atoms with Crippen LogP contribution < -0.4 is 5.32 Å². The first-order valence-corrected chi connectivity index (χ1v) is 7.82. The Morgan fingerprint density at radius 1 is 1.15 bits per heavy atom. The van der Waals surface area contributed by atoms with E-state index in [1.807, 2.05) is 18.2 Å². The molecule has 1 nitrogen and oxygen atoms in total. The first-order chi connectivity index (χ1) is 9.54. The molecule has 0 aromatic heterocycles. The number of hydrogen-bond acceptors (Lipinski definition) is 2. The maximum absolute atomic E-state index is 12.2. The van der Waals surface area contributed by atoms with E-state index in [1.54, 1.807) is 24.3 Å². The van der Waals surface area contributed by atoms with Gasteiger partial charge in [-0.15, -0.1) is 0 Å². The van der Waals surface area contributed by atoms with E-state index in [1.165, 1.54) is 0 Å². The topological polar surface area (TPSA) is 12.0 Å². The second-order valence-corrected chi connectivity index (χ2v) is 6.38. The van der Waals surface area contributed by atoms with E-state index in [9.17, 15) is 8.78 Å². The zero-order chi connectivity index (χ0) is 14.5. The monoisotopic (exact) mass is 377 g/mol. The lowest BCUT2D eigenvalue weighted by atomic mass is 10.2. The van der Waals surface area contributed by atoms with Gasteiger partial charge in [-0.2, -0.15) is 8.78 Å².